The molecule has 0 radical (unpaired) electrons. The van der Waals surface area contributed by atoms with Crippen molar-refractivity contribution in [3.05, 3.63) is 40.4 Å². The first-order chi connectivity index (χ1) is 12.0. The smallest absolute Gasteiger partial charge is 0.254 e. The first kappa shape index (κ1) is 17.4. The topological polar surface area (TPSA) is 77.2 Å². The quantitative estimate of drug-likeness (QED) is 0.725. The van der Waals surface area contributed by atoms with E-state index >= 15 is 0 Å². The molecule has 0 spiro atoms. The predicted molar refractivity (Wildman–Crippen MR) is 97.2 cm³/mol. The number of aromatic nitrogens is 5. The van der Waals surface area contributed by atoms with E-state index in [4.69, 9.17) is 16.3 Å². The normalized spacial score (nSPS) is 11.3. The molecule has 0 fully saturated rings. The highest BCUT2D eigenvalue weighted by Gasteiger charge is 2.12. The molecule has 0 aliphatic heterocycles. The summed E-state index contributed by atoms with van der Waals surface area (Å²) in [7, 11) is 0. The Hall–Kier alpha value is -2.41. The minimum Gasteiger partial charge on any atom is -0.476 e. The molecule has 0 aliphatic carbocycles. The molecule has 3 heterocycles. The molecule has 0 bridgehead atoms. The molecule has 3 aromatic heterocycles. The zero-order chi connectivity index (χ0) is 18.0. The Kier molecular flexibility index (Phi) is 5.03. The first-order valence-electron chi connectivity index (χ1n) is 8.13. The van der Waals surface area contributed by atoms with Crippen LogP contribution in [0.3, 0.4) is 0 Å². The van der Waals surface area contributed by atoms with Gasteiger partial charge in [-0.3, -0.25) is 0 Å². The highest BCUT2D eigenvalue weighted by molar-refractivity contribution is 6.31. The van der Waals surface area contributed by atoms with Gasteiger partial charge in [-0.05, 0) is 31.4 Å². The molecular formula is C17H21ClN6O. The lowest BCUT2D eigenvalue weighted by Crippen LogP contribution is -2.10. The molecular weight excluding hydrogens is 340 g/mol. The molecule has 3 aromatic rings. The molecule has 0 saturated carbocycles. The molecule has 0 amide bonds. The van der Waals surface area contributed by atoms with Gasteiger partial charge in [-0.15, -0.1) is 0 Å². The molecule has 1 N–H and O–H groups in total. The summed E-state index contributed by atoms with van der Waals surface area (Å²) in [5.41, 5.74) is 2.88. The molecule has 8 heteroatoms. The van der Waals surface area contributed by atoms with E-state index in [1.807, 2.05) is 19.9 Å². The largest absolute Gasteiger partial charge is 0.476 e. The predicted octanol–water partition coefficient (Wildman–Crippen LogP) is 3.44. The Labute approximate surface area is 151 Å². The van der Waals surface area contributed by atoms with Crippen molar-refractivity contribution in [3.63, 3.8) is 0 Å². The van der Waals surface area contributed by atoms with E-state index in [0.717, 1.165) is 22.6 Å². The Morgan fingerprint density at radius 2 is 2.08 bits per heavy atom. The summed E-state index contributed by atoms with van der Waals surface area (Å²) < 4.78 is 7.30. The number of nitrogens with one attached hydrogen (secondary N) is 1. The standard InChI is InChI=1S/C17H21ClN6O/c1-10(2)8-25-16-14(18)5-13(7-20-16)6-19-15-11(3)12(4)23-17-21-9-22-24(15)17/h5,7,9-10,19H,6,8H2,1-4H3. The van der Waals surface area contributed by atoms with Crippen molar-refractivity contribution in [2.45, 2.75) is 34.2 Å². The highest BCUT2D eigenvalue weighted by atomic mass is 35.5. The molecule has 3 rings (SSSR count). The summed E-state index contributed by atoms with van der Waals surface area (Å²) in [6.45, 7) is 9.25. The van der Waals surface area contributed by atoms with Crippen molar-refractivity contribution in [1.82, 2.24) is 24.6 Å². The van der Waals surface area contributed by atoms with Gasteiger partial charge in [-0.1, -0.05) is 25.4 Å². The van der Waals surface area contributed by atoms with E-state index in [1.165, 1.54) is 6.33 Å². The van der Waals surface area contributed by atoms with E-state index in [-0.39, 0.29) is 0 Å². The van der Waals surface area contributed by atoms with Crippen molar-refractivity contribution in [2.24, 2.45) is 5.92 Å². The summed E-state index contributed by atoms with van der Waals surface area (Å²) in [6.07, 6.45) is 3.25. The zero-order valence-electron chi connectivity index (χ0n) is 14.7. The van der Waals surface area contributed by atoms with E-state index in [2.05, 4.69) is 39.2 Å². The Bertz CT molecular complexity index is 892. The van der Waals surface area contributed by atoms with Crippen LogP contribution in [-0.4, -0.2) is 31.2 Å². The summed E-state index contributed by atoms with van der Waals surface area (Å²) in [4.78, 5) is 12.9. The number of aryl methyl sites for hydroxylation is 1. The van der Waals surface area contributed by atoms with E-state index in [1.54, 1.807) is 10.7 Å². The number of pyridine rings is 1. The van der Waals surface area contributed by atoms with E-state index < -0.39 is 0 Å². The second-order valence-corrected chi connectivity index (χ2v) is 6.74. The number of fused-ring (bicyclic) bond motifs is 1. The molecule has 0 aliphatic rings. The number of hydrogen-bond donors (Lipinski definition) is 1. The van der Waals surface area contributed by atoms with Crippen LogP contribution < -0.4 is 10.1 Å². The fraction of sp³-hybridized carbons (Fsp3) is 0.412. The zero-order valence-corrected chi connectivity index (χ0v) is 15.5. The summed E-state index contributed by atoms with van der Waals surface area (Å²) >= 11 is 6.28. The molecule has 0 unspecified atom stereocenters. The number of halogens is 1. The van der Waals surface area contributed by atoms with Gasteiger partial charge >= 0.3 is 0 Å². The van der Waals surface area contributed by atoms with Crippen LogP contribution >= 0.6 is 11.6 Å². The number of ether oxygens (including phenoxy) is 1. The number of hydrogen-bond acceptors (Lipinski definition) is 6. The minimum absolute atomic E-state index is 0.419. The van der Waals surface area contributed by atoms with Crippen molar-refractivity contribution in [3.8, 4) is 5.88 Å². The maximum Gasteiger partial charge on any atom is 0.254 e. The van der Waals surface area contributed by atoms with E-state index in [9.17, 15) is 0 Å². The summed E-state index contributed by atoms with van der Waals surface area (Å²) in [5.74, 6) is 2.31. The van der Waals surface area contributed by atoms with Gasteiger partial charge < -0.3 is 10.1 Å². The summed E-state index contributed by atoms with van der Waals surface area (Å²) in [5, 5.41) is 8.11. The molecule has 7 nitrogen and oxygen atoms in total. The van der Waals surface area contributed by atoms with Crippen LogP contribution in [0.1, 0.15) is 30.7 Å². The monoisotopic (exact) mass is 360 g/mol. The van der Waals surface area contributed by atoms with Crippen molar-refractivity contribution >= 4 is 23.2 Å². The van der Waals surface area contributed by atoms with Gasteiger partial charge in [0.05, 0.1) is 6.61 Å². The van der Waals surface area contributed by atoms with Gasteiger partial charge in [-0.2, -0.15) is 14.6 Å². The van der Waals surface area contributed by atoms with Crippen LogP contribution in [0.25, 0.3) is 5.78 Å². The first-order valence-corrected chi connectivity index (χ1v) is 8.51. The second kappa shape index (κ2) is 7.23. The Morgan fingerprint density at radius 3 is 2.80 bits per heavy atom. The van der Waals surface area contributed by atoms with Crippen molar-refractivity contribution in [1.29, 1.82) is 0 Å². The van der Waals surface area contributed by atoms with Crippen LogP contribution in [0.15, 0.2) is 18.6 Å². The highest BCUT2D eigenvalue weighted by Crippen LogP contribution is 2.24. The van der Waals surface area contributed by atoms with Crippen LogP contribution in [0.4, 0.5) is 5.82 Å². The van der Waals surface area contributed by atoms with Gasteiger partial charge in [0, 0.05) is 24.0 Å². The lowest BCUT2D eigenvalue weighted by atomic mass is 10.2. The van der Waals surface area contributed by atoms with Crippen molar-refractivity contribution < 1.29 is 4.74 Å². The maximum absolute atomic E-state index is 6.28. The van der Waals surface area contributed by atoms with Gasteiger partial charge in [0.1, 0.15) is 17.2 Å². The van der Waals surface area contributed by atoms with Gasteiger partial charge in [0.2, 0.25) is 5.88 Å². The minimum atomic E-state index is 0.419. The average molecular weight is 361 g/mol. The fourth-order valence-corrected chi connectivity index (χ4v) is 2.58. The average Bonchev–Trinajstić information content (AvgIpc) is 3.02. The maximum atomic E-state index is 6.28. The van der Waals surface area contributed by atoms with Gasteiger partial charge in [0.25, 0.3) is 5.78 Å². The second-order valence-electron chi connectivity index (χ2n) is 6.33. The third-order valence-electron chi connectivity index (χ3n) is 3.78. The third-order valence-corrected chi connectivity index (χ3v) is 4.06. The van der Waals surface area contributed by atoms with Gasteiger partial charge in [0.15, 0.2) is 0 Å². The Morgan fingerprint density at radius 1 is 1.28 bits per heavy atom. The molecule has 0 aromatic carbocycles. The number of rotatable bonds is 6. The van der Waals surface area contributed by atoms with Gasteiger partial charge in [-0.25, -0.2) is 9.97 Å². The van der Waals surface area contributed by atoms with Crippen LogP contribution in [0.5, 0.6) is 5.88 Å². The van der Waals surface area contributed by atoms with Crippen molar-refractivity contribution in [2.75, 3.05) is 11.9 Å². The lowest BCUT2D eigenvalue weighted by molar-refractivity contribution is 0.261. The Balaban J connectivity index is 1.77. The van der Waals surface area contributed by atoms with Crippen LogP contribution in [0.2, 0.25) is 5.02 Å². The molecule has 25 heavy (non-hydrogen) atoms. The summed E-state index contributed by atoms with van der Waals surface area (Å²) in [6, 6.07) is 1.86. The molecule has 132 valence electrons. The van der Waals surface area contributed by atoms with Crippen LogP contribution in [-0.2, 0) is 6.54 Å². The molecule has 0 saturated heterocycles. The SMILES string of the molecule is Cc1nc2ncnn2c(NCc2cnc(OCC(C)C)c(Cl)c2)c1C. The number of nitrogens with zero attached hydrogens (tertiary/aromatic N) is 5. The number of anilines is 1. The third kappa shape index (κ3) is 3.82. The molecule has 0 atom stereocenters. The lowest BCUT2D eigenvalue weighted by Gasteiger charge is -2.13. The fourth-order valence-electron chi connectivity index (χ4n) is 2.34. The van der Waals surface area contributed by atoms with Crippen LogP contribution in [0, 0.1) is 19.8 Å². The van der Waals surface area contributed by atoms with E-state index in [0.29, 0.717) is 35.7 Å².